The highest BCUT2D eigenvalue weighted by atomic mass is 32.2. The normalized spacial score (nSPS) is 15.0. The number of aliphatic imine (C=N–C) groups is 1. The number of hydrogen-bond acceptors (Lipinski definition) is 6. The van der Waals surface area contributed by atoms with Crippen molar-refractivity contribution in [1.29, 1.82) is 0 Å². The number of piperazine rings is 1. The maximum absolute atomic E-state index is 13.4. The first-order chi connectivity index (χ1) is 17.4. The first-order valence-corrected chi connectivity index (χ1v) is 13.0. The van der Waals surface area contributed by atoms with Crippen LogP contribution in [0.5, 0.6) is 0 Å². The van der Waals surface area contributed by atoms with Crippen molar-refractivity contribution in [2.75, 3.05) is 31.1 Å². The third kappa shape index (κ3) is 4.86. The van der Waals surface area contributed by atoms with Gasteiger partial charge in [0.25, 0.3) is 11.6 Å². The van der Waals surface area contributed by atoms with Crippen LogP contribution in [0.25, 0.3) is 0 Å². The Morgan fingerprint density at radius 3 is 2.42 bits per heavy atom. The van der Waals surface area contributed by atoms with Gasteiger partial charge in [-0.05, 0) is 55.8 Å². The zero-order valence-corrected chi connectivity index (χ0v) is 21.3. The van der Waals surface area contributed by atoms with E-state index < -0.39 is 4.92 Å². The lowest BCUT2D eigenvalue weighted by molar-refractivity contribution is -0.384. The smallest absolute Gasteiger partial charge is 0.269 e. The number of amides is 1. The fourth-order valence-corrected chi connectivity index (χ4v) is 5.67. The SMILES string of the molecule is CCCC1=Nc2cc(C(=O)N3CCN(c4ccc([N+](=O)[O-])cc4)CC3)ccc2Sc2ccc(C)cc21. The maximum atomic E-state index is 13.4. The van der Waals surface area contributed by atoms with Crippen molar-refractivity contribution in [3.63, 3.8) is 0 Å². The molecule has 0 atom stereocenters. The van der Waals surface area contributed by atoms with Crippen LogP contribution in [0.15, 0.2) is 75.4 Å². The van der Waals surface area contributed by atoms with Crippen molar-refractivity contribution in [3.05, 3.63) is 87.5 Å². The second-order valence-corrected chi connectivity index (χ2v) is 10.2. The zero-order valence-electron chi connectivity index (χ0n) is 20.4. The number of fused-ring (bicyclic) bond motifs is 2. The molecule has 1 saturated heterocycles. The van der Waals surface area contributed by atoms with E-state index in [-0.39, 0.29) is 11.6 Å². The van der Waals surface area contributed by atoms with Crippen LogP contribution in [0, 0.1) is 17.0 Å². The van der Waals surface area contributed by atoms with E-state index in [1.807, 2.05) is 23.1 Å². The van der Waals surface area contributed by atoms with Gasteiger partial charge in [-0.2, -0.15) is 0 Å². The van der Waals surface area contributed by atoms with Gasteiger partial charge in [0.2, 0.25) is 0 Å². The Balaban J connectivity index is 1.33. The molecule has 2 aliphatic rings. The molecule has 0 bridgehead atoms. The molecular weight excluding hydrogens is 472 g/mol. The van der Waals surface area contributed by atoms with E-state index in [9.17, 15) is 14.9 Å². The van der Waals surface area contributed by atoms with Crippen LogP contribution < -0.4 is 4.90 Å². The number of nitro groups is 1. The first kappa shape index (κ1) is 24.1. The Morgan fingerprint density at radius 2 is 1.72 bits per heavy atom. The van der Waals surface area contributed by atoms with Gasteiger partial charge in [-0.25, -0.2) is 0 Å². The van der Waals surface area contributed by atoms with E-state index in [1.165, 1.54) is 28.2 Å². The quantitative estimate of drug-likeness (QED) is 0.306. The van der Waals surface area contributed by atoms with Crippen molar-refractivity contribution in [1.82, 2.24) is 4.90 Å². The van der Waals surface area contributed by atoms with Crippen molar-refractivity contribution in [3.8, 4) is 0 Å². The van der Waals surface area contributed by atoms with Gasteiger partial charge in [0.05, 0.1) is 10.6 Å². The van der Waals surface area contributed by atoms with Crippen LogP contribution in [0.1, 0.15) is 41.3 Å². The van der Waals surface area contributed by atoms with Crippen molar-refractivity contribution >= 4 is 40.4 Å². The Hall–Kier alpha value is -3.65. The Morgan fingerprint density at radius 1 is 1.00 bits per heavy atom. The van der Waals surface area contributed by atoms with E-state index in [1.54, 1.807) is 23.9 Å². The van der Waals surface area contributed by atoms with E-state index in [0.717, 1.165) is 34.8 Å². The molecule has 3 aromatic rings. The standard InChI is InChI=1S/C28H28N4O3S/c1-3-4-24-23-17-19(2)5-11-26(23)36-27-12-6-20(18-25(27)29-24)28(33)31-15-13-30(14-16-31)21-7-9-22(10-8-21)32(34)35/h5-12,17-18H,3-4,13-16H2,1-2H3. The van der Waals surface area contributed by atoms with Crippen LogP contribution in [-0.2, 0) is 0 Å². The third-order valence-electron chi connectivity index (χ3n) is 6.61. The van der Waals surface area contributed by atoms with E-state index in [2.05, 4.69) is 36.9 Å². The summed E-state index contributed by atoms with van der Waals surface area (Å²) in [5.74, 6) is 0.0102. The molecule has 5 rings (SSSR count). The van der Waals surface area contributed by atoms with Crippen LogP contribution in [-0.4, -0.2) is 47.6 Å². The van der Waals surface area contributed by atoms with Gasteiger partial charge in [-0.3, -0.25) is 19.9 Å². The molecule has 2 aliphatic heterocycles. The lowest BCUT2D eigenvalue weighted by Crippen LogP contribution is -2.48. The van der Waals surface area contributed by atoms with Gasteiger partial charge < -0.3 is 9.80 Å². The molecule has 0 radical (unpaired) electrons. The molecule has 0 aliphatic carbocycles. The van der Waals surface area contributed by atoms with E-state index in [0.29, 0.717) is 31.7 Å². The summed E-state index contributed by atoms with van der Waals surface area (Å²) in [6.45, 7) is 6.81. The highest BCUT2D eigenvalue weighted by molar-refractivity contribution is 7.99. The third-order valence-corrected chi connectivity index (χ3v) is 7.75. The molecular formula is C28H28N4O3S. The highest BCUT2D eigenvalue weighted by Crippen LogP contribution is 2.41. The van der Waals surface area contributed by atoms with Crippen molar-refractivity contribution in [2.45, 2.75) is 36.5 Å². The van der Waals surface area contributed by atoms with Gasteiger partial charge >= 0.3 is 0 Å². The molecule has 0 saturated carbocycles. The molecule has 7 nitrogen and oxygen atoms in total. The number of anilines is 1. The molecule has 0 aromatic heterocycles. The molecule has 1 amide bonds. The lowest BCUT2D eigenvalue weighted by Gasteiger charge is -2.36. The largest absolute Gasteiger partial charge is 0.368 e. The van der Waals surface area contributed by atoms with Gasteiger partial charge in [-0.1, -0.05) is 36.7 Å². The fraction of sp³-hybridized carbons (Fsp3) is 0.286. The fourth-order valence-electron chi connectivity index (χ4n) is 4.67. The van der Waals surface area contributed by atoms with Gasteiger partial charge in [0, 0.05) is 70.6 Å². The summed E-state index contributed by atoms with van der Waals surface area (Å²) in [6.07, 6.45) is 1.89. The number of non-ortho nitro benzene ring substituents is 1. The Bertz CT molecular complexity index is 1350. The van der Waals surface area contributed by atoms with E-state index in [4.69, 9.17) is 4.99 Å². The molecule has 2 heterocycles. The summed E-state index contributed by atoms with van der Waals surface area (Å²) in [6, 6.07) is 18.9. The molecule has 0 N–H and O–H groups in total. The summed E-state index contributed by atoms with van der Waals surface area (Å²) in [7, 11) is 0. The molecule has 36 heavy (non-hydrogen) atoms. The molecule has 1 fully saturated rings. The number of carbonyl (C=O) groups excluding carboxylic acids is 1. The number of rotatable bonds is 5. The summed E-state index contributed by atoms with van der Waals surface area (Å²) in [4.78, 5) is 35.2. The van der Waals surface area contributed by atoms with Crippen LogP contribution in [0.2, 0.25) is 0 Å². The first-order valence-electron chi connectivity index (χ1n) is 12.2. The monoisotopic (exact) mass is 500 g/mol. The van der Waals surface area contributed by atoms with Crippen LogP contribution in [0.4, 0.5) is 17.1 Å². The number of benzene rings is 3. The Labute approximate surface area is 215 Å². The number of nitro benzene ring substituents is 1. The summed E-state index contributed by atoms with van der Waals surface area (Å²) >= 11 is 1.71. The van der Waals surface area contributed by atoms with Gasteiger partial charge in [-0.15, -0.1) is 0 Å². The number of hydrogen-bond donors (Lipinski definition) is 0. The van der Waals surface area contributed by atoms with Crippen molar-refractivity contribution in [2.24, 2.45) is 4.99 Å². The highest BCUT2D eigenvalue weighted by Gasteiger charge is 2.24. The van der Waals surface area contributed by atoms with Crippen LogP contribution in [0.3, 0.4) is 0 Å². The molecule has 8 heteroatoms. The number of carbonyl (C=O) groups is 1. The summed E-state index contributed by atoms with van der Waals surface area (Å²) < 4.78 is 0. The second kappa shape index (κ2) is 10.1. The molecule has 0 spiro atoms. The minimum absolute atomic E-state index is 0.0102. The average Bonchev–Trinajstić information content (AvgIpc) is 3.04. The lowest BCUT2D eigenvalue weighted by atomic mass is 10.0. The minimum atomic E-state index is -0.394. The van der Waals surface area contributed by atoms with Crippen LogP contribution >= 0.6 is 11.8 Å². The van der Waals surface area contributed by atoms with Gasteiger partial charge in [0.1, 0.15) is 0 Å². The predicted molar refractivity (Wildman–Crippen MR) is 144 cm³/mol. The number of aryl methyl sites for hydroxylation is 1. The van der Waals surface area contributed by atoms with Crippen molar-refractivity contribution < 1.29 is 9.72 Å². The van der Waals surface area contributed by atoms with Gasteiger partial charge in [0.15, 0.2) is 0 Å². The molecule has 3 aromatic carbocycles. The molecule has 0 unspecified atom stereocenters. The Kier molecular flexibility index (Phi) is 6.78. The summed E-state index contributed by atoms with van der Waals surface area (Å²) in [5, 5.41) is 10.9. The topological polar surface area (TPSA) is 79.0 Å². The second-order valence-electron chi connectivity index (χ2n) is 9.15. The maximum Gasteiger partial charge on any atom is 0.269 e. The average molecular weight is 501 g/mol. The summed E-state index contributed by atoms with van der Waals surface area (Å²) in [5.41, 5.74) is 6.00. The molecule has 184 valence electrons. The zero-order chi connectivity index (χ0) is 25.2. The van der Waals surface area contributed by atoms with E-state index >= 15 is 0 Å². The predicted octanol–water partition coefficient (Wildman–Crippen LogP) is 6.25. The number of nitrogens with zero attached hydrogens (tertiary/aromatic N) is 4. The minimum Gasteiger partial charge on any atom is -0.368 e.